The van der Waals surface area contributed by atoms with Crippen molar-refractivity contribution in [3.05, 3.63) is 80.7 Å². The predicted molar refractivity (Wildman–Crippen MR) is 168 cm³/mol. The fourth-order valence-corrected chi connectivity index (χ4v) is 5.04. The first-order valence-corrected chi connectivity index (χ1v) is 13.8. The second-order valence-corrected chi connectivity index (χ2v) is 10.4. The number of likely N-dealkylation sites (N-methyl/N-ethyl adjacent to an activating group) is 1. The highest BCUT2D eigenvalue weighted by Gasteiger charge is 2.23. The van der Waals surface area contributed by atoms with Crippen LogP contribution in [0.15, 0.2) is 59.5 Å². The number of aromatic nitrogens is 3. The number of benzene rings is 2. The molecular weight excluding hydrogens is 579 g/mol. The fourth-order valence-electron chi connectivity index (χ4n) is 4.34. The number of hydrogen-bond donors (Lipinski definition) is 2. The highest BCUT2D eigenvalue weighted by atomic mass is 35.5. The third-order valence-corrected chi connectivity index (χ3v) is 7.23. The molecule has 2 aromatic carbocycles. The van der Waals surface area contributed by atoms with Gasteiger partial charge in [0.25, 0.3) is 5.56 Å². The monoisotopic (exact) mass is 610 g/mol. The van der Waals surface area contributed by atoms with Gasteiger partial charge in [0.15, 0.2) is 0 Å². The van der Waals surface area contributed by atoms with Crippen LogP contribution in [0, 0.1) is 0 Å². The molecule has 4 rings (SSSR count). The van der Waals surface area contributed by atoms with Crippen molar-refractivity contribution in [2.45, 2.75) is 13.0 Å². The minimum atomic E-state index is -0.337. The number of carbonyl (C=O) groups excluding carboxylic acids is 1. The molecule has 2 heterocycles. The third kappa shape index (κ3) is 6.84. The first-order chi connectivity index (χ1) is 20.2. The topological polar surface area (TPSA) is 111 Å². The van der Waals surface area contributed by atoms with E-state index in [1.54, 1.807) is 36.0 Å². The zero-order valence-electron chi connectivity index (χ0n) is 24.0. The summed E-state index contributed by atoms with van der Waals surface area (Å²) in [4.78, 5) is 37.1. The summed E-state index contributed by atoms with van der Waals surface area (Å²) in [6.45, 7) is 0.977. The maximum Gasteiger partial charge on any atom is 0.260 e. The van der Waals surface area contributed by atoms with Gasteiger partial charge in [0, 0.05) is 55.1 Å². The second kappa shape index (κ2) is 13.7. The molecule has 0 unspecified atom stereocenters. The lowest BCUT2D eigenvalue weighted by atomic mass is 10.0. The largest absolute Gasteiger partial charge is 0.495 e. The van der Waals surface area contributed by atoms with E-state index in [2.05, 4.69) is 20.6 Å². The molecule has 0 saturated carbocycles. The number of hydrogen-bond acceptors (Lipinski definition) is 8. The maximum atomic E-state index is 14.0. The molecule has 0 aliphatic carbocycles. The van der Waals surface area contributed by atoms with E-state index in [1.807, 2.05) is 43.3 Å². The highest BCUT2D eigenvalue weighted by Crippen LogP contribution is 2.45. The van der Waals surface area contributed by atoms with E-state index >= 15 is 0 Å². The quantitative estimate of drug-likeness (QED) is 0.225. The van der Waals surface area contributed by atoms with Gasteiger partial charge >= 0.3 is 0 Å². The van der Waals surface area contributed by atoms with E-state index in [4.69, 9.17) is 32.7 Å². The number of nitrogens with one attached hydrogen (secondary N) is 2. The number of pyridine rings is 1. The molecule has 2 aromatic heterocycles. The van der Waals surface area contributed by atoms with Gasteiger partial charge < -0.3 is 25.0 Å². The second-order valence-electron chi connectivity index (χ2n) is 9.62. The van der Waals surface area contributed by atoms with Gasteiger partial charge in [-0.05, 0) is 44.3 Å². The standard InChI is InChI=1S/C30H32Cl2N6O4/c1-33-30-34-17-19-15-21(25-26(31)22(41-4)16-23(42-5)27(25)32)29(40)38(28(19)36-30)14-12-18-8-10-20(11-9-18)35-24(39)7-6-13-37(2)3/h6-11,15-17H,12-14H2,1-5H3,(H,35,39)(H,33,34,36). The van der Waals surface area contributed by atoms with Gasteiger partial charge in [-0.25, -0.2) is 4.98 Å². The van der Waals surface area contributed by atoms with Gasteiger partial charge in [0.1, 0.15) is 17.1 Å². The van der Waals surface area contributed by atoms with Crippen molar-refractivity contribution < 1.29 is 14.3 Å². The number of methoxy groups -OCH3 is 2. The Labute approximate surface area is 253 Å². The van der Waals surface area contributed by atoms with E-state index in [-0.39, 0.29) is 27.1 Å². The molecule has 0 aliphatic rings. The lowest BCUT2D eigenvalue weighted by Gasteiger charge is -2.17. The Bertz CT molecular complexity index is 1660. The highest BCUT2D eigenvalue weighted by molar-refractivity contribution is 6.41. The number of nitrogens with zero attached hydrogens (tertiary/aromatic N) is 4. The molecule has 1 amide bonds. The number of fused-ring (bicyclic) bond motifs is 1. The summed E-state index contributed by atoms with van der Waals surface area (Å²) in [5.74, 6) is 0.815. The Balaban J connectivity index is 1.70. The normalized spacial score (nSPS) is 11.3. The molecule has 42 heavy (non-hydrogen) atoms. The summed E-state index contributed by atoms with van der Waals surface area (Å²) in [5.41, 5.74) is 2.31. The molecule has 0 saturated heterocycles. The van der Waals surface area contributed by atoms with E-state index < -0.39 is 0 Å². The Kier molecular flexibility index (Phi) is 10.1. The van der Waals surface area contributed by atoms with Gasteiger partial charge in [0.05, 0.1) is 29.8 Å². The van der Waals surface area contributed by atoms with Gasteiger partial charge in [0.2, 0.25) is 11.9 Å². The molecule has 4 aromatic rings. The first-order valence-electron chi connectivity index (χ1n) is 13.1. The molecule has 12 heteroatoms. The molecule has 0 fully saturated rings. The Hall–Kier alpha value is -4.12. The minimum Gasteiger partial charge on any atom is -0.495 e. The number of rotatable bonds is 11. The van der Waals surface area contributed by atoms with Gasteiger partial charge in [-0.15, -0.1) is 0 Å². The summed E-state index contributed by atoms with van der Waals surface area (Å²) in [5, 5.41) is 6.77. The van der Waals surface area contributed by atoms with Gasteiger partial charge in [-0.1, -0.05) is 41.4 Å². The number of anilines is 2. The van der Waals surface area contributed by atoms with Crippen LogP contribution in [0.2, 0.25) is 10.0 Å². The van der Waals surface area contributed by atoms with Crippen LogP contribution in [0.4, 0.5) is 11.6 Å². The molecule has 0 bridgehead atoms. The summed E-state index contributed by atoms with van der Waals surface area (Å²) in [6.07, 6.45) is 5.45. The zero-order valence-corrected chi connectivity index (χ0v) is 25.5. The molecular formula is C30H32Cl2N6O4. The summed E-state index contributed by atoms with van der Waals surface area (Å²) >= 11 is 13.4. The number of halogens is 2. The molecule has 0 spiro atoms. The Morgan fingerprint density at radius 2 is 1.74 bits per heavy atom. The summed E-state index contributed by atoms with van der Waals surface area (Å²) in [7, 11) is 8.52. The van der Waals surface area contributed by atoms with Crippen molar-refractivity contribution in [3.63, 3.8) is 0 Å². The van der Waals surface area contributed by atoms with E-state index in [0.29, 0.717) is 59.2 Å². The lowest BCUT2D eigenvalue weighted by Crippen LogP contribution is -2.24. The fraction of sp³-hybridized carbons (Fsp3) is 0.267. The number of ether oxygens (including phenoxy) is 2. The van der Waals surface area contributed by atoms with Crippen LogP contribution in [-0.4, -0.2) is 67.2 Å². The lowest BCUT2D eigenvalue weighted by molar-refractivity contribution is -0.111. The molecule has 2 N–H and O–H groups in total. The molecule has 0 atom stereocenters. The van der Waals surface area contributed by atoms with E-state index in [0.717, 1.165) is 5.56 Å². The molecule has 0 radical (unpaired) electrons. The average Bonchev–Trinajstić information content (AvgIpc) is 2.97. The summed E-state index contributed by atoms with van der Waals surface area (Å²) in [6, 6.07) is 10.7. The van der Waals surface area contributed by atoms with Crippen molar-refractivity contribution in [3.8, 4) is 22.6 Å². The Morgan fingerprint density at radius 1 is 1.07 bits per heavy atom. The van der Waals surface area contributed by atoms with Crippen molar-refractivity contribution in [1.29, 1.82) is 0 Å². The van der Waals surface area contributed by atoms with Crippen LogP contribution in [-0.2, 0) is 17.8 Å². The van der Waals surface area contributed by atoms with Crippen molar-refractivity contribution >= 4 is 51.8 Å². The molecule has 0 aliphatic heterocycles. The first kappa shape index (κ1) is 30.8. The van der Waals surface area contributed by atoms with Crippen molar-refractivity contribution in [2.75, 3.05) is 52.5 Å². The Morgan fingerprint density at radius 3 is 2.33 bits per heavy atom. The predicted octanol–water partition coefficient (Wildman–Crippen LogP) is 5.12. The number of carbonyl (C=O) groups is 1. The van der Waals surface area contributed by atoms with Crippen LogP contribution in [0.25, 0.3) is 22.2 Å². The van der Waals surface area contributed by atoms with Crippen LogP contribution in [0.1, 0.15) is 5.56 Å². The number of amides is 1. The third-order valence-electron chi connectivity index (χ3n) is 6.48. The minimum absolute atomic E-state index is 0.188. The van der Waals surface area contributed by atoms with Gasteiger partial charge in [-0.2, -0.15) is 4.98 Å². The van der Waals surface area contributed by atoms with Crippen LogP contribution in [0.5, 0.6) is 11.5 Å². The summed E-state index contributed by atoms with van der Waals surface area (Å²) < 4.78 is 12.4. The SMILES string of the molecule is CNc1ncc2cc(-c3c(Cl)c(OC)cc(OC)c3Cl)c(=O)n(CCc3ccc(NC(=O)C=CCN(C)C)cc3)c2n1. The van der Waals surface area contributed by atoms with Crippen LogP contribution in [0.3, 0.4) is 0 Å². The zero-order chi connectivity index (χ0) is 30.4. The average molecular weight is 612 g/mol. The van der Waals surface area contributed by atoms with Crippen LogP contribution >= 0.6 is 23.2 Å². The number of aryl methyl sites for hydroxylation is 2. The smallest absolute Gasteiger partial charge is 0.260 e. The van der Waals surface area contributed by atoms with Crippen molar-refractivity contribution in [2.24, 2.45) is 0 Å². The maximum absolute atomic E-state index is 14.0. The van der Waals surface area contributed by atoms with E-state index in [1.165, 1.54) is 20.3 Å². The van der Waals surface area contributed by atoms with Gasteiger partial charge in [-0.3, -0.25) is 14.2 Å². The van der Waals surface area contributed by atoms with Crippen LogP contribution < -0.4 is 25.7 Å². The molecule has 220 valence electrons. The molecule has 10 nitrogen and oxygen atoms in total. The van der Waals surface area contributed by atoms with Crippen molar-refractivity contribution in [1.82, 2.24) is 19.4 Å². The van der Waals surface area contributed by atoms with E-state index in [9.17, 15) is 9.59 Å².